The van der Waals surface area contributed by atoms with Crippen molar-refractivity contribution in [2.45, 2.75) is 18.9 Å². The molecule has 1 N–H and O–H groups in total. The maximum Gasteiger partial charge on any atom is 0.270 e. The number of carbonyl (C=O) groups is 1. The molecule has 27 heavy (non-hydrogen) atoms. The Hall–Kier alpha value is -3.29. The molecule has 1 amide bonds. The molecular weight excluding hydrogens is 342 g/mol. The number of hydrogen-bond donors (Lipinski definition) is 1. The molecule has 0 saturated carbocycles. The summed E-state index contributed by atoms with van der Waals surface area (Å²) in [6.07, 6.45) is 10.9. The first kappa shape index (κ1) is 15.9. The highest BCUT2D eigenvalue weighted by Crippen LogP contribution is 2.32. The van der Waals surface area contributed by atoms with Crippen LogP contribution in [0.5, 0.6) is 0 Å². The average Bonchev–Trinajstić information content (AvgIpc) is 3.40. The van der Waals surface area contributed by atoms with Gasteiger partial charge in [-0.05, 0) is 25.0 Å². The number of hydrogen-bond acceptors (Lipinski definition) is 6. The predicted molar refractivity (Wildman–Crippen MR) is 99.4 cm³/mol. The van der Waals surface area contributed by atoms with Crippen LogP contribution in [0.4, 0.5) is 5.82 Å². The number of amides is 1. The van der Waals surface area contributed by atoms with Gasteiger partial charge in [-0.25, -0.2) is 15.0 Å². The fourth-order valence-electron chi connectivity index (χ4n) is 3.82. The Balaban J connectivity index is 1.57. The summed E-state index contributed by atoms with van der Waals surface area (Å²) in [7, 11) is 0. The van der Waals surface area contributed by atoms with Gasteiger partial charge in [-0.3, -0.25) is 9.78 Å². The fourth-order valence-corrected chi connectivity index (χ4v) is 3.82. The van der Waals surface area contributed by atoms with Gasteiger partial charge in [0.1, 0.15) is 11.5 Å². The van der Waals surface area contributed by atoms with Crippen LogP contribution in [0.15, 0.2) is 43.2 Å². The molecule has 8 heteroatoms. The van der Waals surface area contributed by atoms with Crippen LogP contribution in [0.25, 0.3) is 11.4 Å². The summed E-state index contributed by atoms with van der Waals surface area (Å²) in [5, 5.41) is 2.89. The van der Waals surface area contributed by atoms with Gasteiger partial charge in [0.2, 0.25) is 0 Å². The van der Waals surface area contributed by atoms with E-state index in [9.17, 15) is 4.79 Å². The van der Waals surface area contributed by atoms with Crippen molar-refractivity contribution < 1.29 is 4.79 Å². The second-order valence-electron chi connectivity index (χ2n) is 6.84. The molecule has 0 aliphatic carbocycles. The number of aromatic nitrogens is 5. The highest BCUT2D eigenvalue weighted by Gasteiger charge is 2.31. The summed E-state index contributed by atoms with van der Waals surface area (Å²) in [5.74, 6) is 1.28. The molecule has 0 spiro atoms. The van der Waals surface area contributed by atoms with Crippen molar-refractivity contribution in [3.05, 3.63) is 54.5 Å². The highest BCUT2D eigenvalue weighted by atomic mass is 16.1. The van der Waals surface area contributed by atoms with Gasteiger partial charge in [-0.15, -0.1) is 0 Å². The van der Waals surface area contributed by atoms with Gasteiger partial charge in [-0.2, -0.15) is 0 Å². The molecule has 0 radical (unpaired) electrons. The summed E-state index contributed by atoms with van der Waals surface area (Å²) in [4.78, 5) is 32.4. The quantitative estimate of drug-likeness (QED) is 0.760. The van der Waals surface area contributed by atoms with Gasteiger partial charge in [0.05, 0.1) is 12.4 Å². The molecule has 3 aromatic heterocycles. The van der Waals surface area contributed by atoms with E-state index in [2.05, 4.69) is 29.7 Å². The Kier molecular flexibility index (Phi) is 3.81. The molecule has 1 saturated heterocycles. The van der Waals surface area contributed by atoms with Crippen molar-refractivity contribution in [2.24, 2.45) is 0 Å². The third-order valence-corrected chi connectivity index (χ3v) is 5.19. The average molecular weight is 361 g/mol. The topological polar surface area (TPSA) is 88.8 Å². The van der Waals surface area contributed by atoms with Crippen LogP contribution < -0.4 is 10.2 Å². The van der Waals surface area contributed by atoms with Gasteiger partial charge in [0.25, 0.3) is 5.91 Å². The maximum absolute atomic E-state index is 12.4. The zero-order chi connectivity index (χ0) is 18.2. The first-order chi connectivity index (χ1) is 13.3. The second kappa shape index (κ2) is 6.46. The molecule has 8 nitrogen and oxygen atoms in total. The first-order valence-electron chi connectivity index (χ1n) is 9.11. The second-order valence-corrected chi connectivity index (χ2v) is 6.84. The van der Waals surface area contributed by atoms with E-state index in [1.54, 1.807) is 18.6 Å². The van der Waals surface area contributed by atoms with Crippen molar-refractivity contribution in [2.75, 3.05) is 24.5 Å². The van der Waals surface area contributed by atoms with Gasteiger partial charge in [0.15, 0.2) is 5.82 Å². The van der Waals surface area contributed by atoms with Crippen LogP contribution >= 0.6 is 0 Å². The number of nitrogens with one attached hydrogen (secondary N) is 1. The maximum atomic E-state index is 12.4. The molecule has 5 rings (SSSR count). The Morgan fingerprint density at radius 2 is 2.15 bits per heavy atom. The summed E-state index contributed by atoms with van der Waals surface area (Å²) < 4.78 is 2.14. The summed E-state index contributed by atoms with van der Waals surface area (Å²) >= 11 is 0. The van der Waals surface area contributed by atoms with E-state index in [-0.39, 0.29) is 5.91 Å². The number of carbonyl (C=O) groups excluding carboxylic acids is 1. The Labute approximate surface area is 156 Å². The summed E-state index contributed by atoms with van der Waals surface area (Å²) in [6, 6.07) is 4.12. The van der Waals surface area contributed by atoms with Crippen molar-refractivity contribution in [1.29, 1.82) is 0 Å². The van der Waals surface area contributed by atoms with E-state index in [0.717, 1.165) is 42.9 Å². The van der Waals surface area contributed by atoms with Crippen molar-refractivity contribution in [3.63, 3.8) is 0 Å². The van der Waals surface area contributed by atoms with E-state index in [1.165, 1.54) is 0 Å². The number of imidazole rings is 1. The van der Waals surface area contributed by atoms with Crippen LogP contribution in [0.2, 0.25) is 0 Å². The number of pyridine rings is 1. The third-order valence-electron chi connectivity index (χ3n) is 5.19. The first-order valence-corrected chi connectivity index (χ1v) is 9.11. The molecule has 1 atom stereocenters. The zero-order valence-corrected chi connectivity index (χ0v) is 14.7. The zero-order valence-electron chi connectivity index (χ0n) is 14.7. The van der Waals surface area contributed by atoms with Crippen molar-refractivity contribution in [3.8, 4) is 11.4 Å². The molecular formula is C19H19N7O. The van der Waals surface area contributed by atoms with Gasteiger partial charge in [0, 0.05) is 55.5 Å². The number of anilines is 1. The SMILES string of the molecule is O=C1NCCc2c1nc(-c1cccnc1)nc2N1CCC(n2ccnc2)C1. The predicted octanol–water partition coefficient (Wildman–Crippen LogP) is 1.47. The lowest BCUT2D eigenvalue weighted by Gasteiger charge is -2.25. The Bertz CT molecular complexity index is 971. The molecule has 2 aliphatic rings. The standard InChI is InChI=1S/C19H19N7O/c27-19-16-15(3-6-22-19)18(24-17(23-16)13-2-1-5-20-10-13)25-8-4-14(11-25)26-9-7-21-12-26/h1-2,5,7,9-10,12,14H,3-4,6,8,11H2,(H,22,27). The van der Waals surface area contributed by atoms with E-state index < -0.39 is 0 Å². The fraction of sp³-hybridized carbons (Fsp3) is 0.316. The lowest BCUT2D eigenvalue weighted by Crippen LogP contribution is -2.35. The molecule has 3 aromatic rings. The van der Waals surface area contributed by atoms with Gasteiger partial charge < -0.3 is 14.8 Å². The molecule has 0 aromatic carbocycles. The van der Waals surface area contributed by atoms with Crippen LogP contribution in [0, 0.1) is 0 Å². The highest BCUT2D eigenvalue weighted by molar-refractivity contribution is 5.96. The minimum Gasteiger partial charge on any atom is -0.354 e. The summed E-state index contributed by atoms with van der Waals surface area (Å²) in [5.41, 5.74) is 2.24. The van der Waals surface area contributed by atoms with E-state index in [1.807, 2.05) is 24.7 Å². The number of fused-ring (bicyclic) bond motifs is 1. The lowest BCUT2D eigenvalue weighted by molar-refractivity contribution is 0.0940. The smallest absolute Gasteiger partial charge is 0.270 e. The lowest BCUT2D eigenvalue weighted by atomic mass is 10.1. The van der Waals surface area contributed by atoms with Crippen LogP contribution in [-0.2, 0) is 6.42 Å². The van der Waals surface area contributed by atoms with E-state index in [4.69, 9.17) is 4.98 Å². The number of nitrogens with zero attached hydrogens (tertiary/aromatic N) is 6. The largest absolute Gasteiger partial charge is 0.354 e. The van der Waals surface area contributed by atoms with Gasteiger partial charge >= 0.3 is 0 Å². The van der Waals surface area contributed by atoms with E-state index in [0.29, 0.717) is 24.1 Å². The van der Waals surface area contributed by atoms with Gasteiger partial charge in [-0.1, -0.05) is 0 Å². The molecule has 0 bridgehead atoms. The minimum atomic E-state index is -0.129. The monoisotopic (exact) mass is 361 g/mol. The molecule has 2 aliphatic heterocycles. The Morgan fingerprint density at radius 1 is 1.19 bits per heavy atom. The normalized spacial score (nSPS) is 19.0. The van der Waals surface area contributed by atoms with Crippen LogP contribution in [-0.4, -0.2) is 50.0 Å². The minimum absolute atomic E-state index is 0.129. The third kappa shape index (κ3) is 2.83. The number of rotatable bonds is 3. The molecule has 5 heterocycles. The van der Waals surface area contributed by atoms with Crippen molar-refractivity contribution in [1.82, 2.24) is 29.8 Å². The van der Waals surface area contributed by atoms with E-state index >= 15 is 0 Å². The molecule has 1 fully saturated rings. The van der Waals surface area contributed by atoms with Crippen molar-refractivity contribution >= 4 is 11.7 Å². The van der Waals surface area contributed by atoms with Crippen LogP contribution in [0.3, 0.4) is 0 Å². The Morgan fingerprint density at radius 3 is 2.96 bits per heavy atom. The summed E-state index contributed by atoms with van der Waals surface area (Å²) in [6.45, 7) is 2.35. The molecule has 1 unspecified atom stereocenters. The van der Waals surface area contributed by atoms with Crippen LogP contribution in [0.1, 0.15) is 28.5 Å². The molecule has 136 valence electrons.